The van der Waals surface area contributed by atoms with Crippen molar-refractivity contribution in [3.63, 3.8) is 0 Å². The van der Waals surface area contributed by atoms with Crippen molar-refractivity contribution in [2.75, 3.05) is 19.7 Å². The van der Waals surface area contributed by atoms with Gasteiger partial charge in [-0.3, -0.25) is 0 Å². The van der Waals surface area contributed by atoms with Crippen LogP contribution in [0.1, 0.15) is 40.0 Å². The Hall–Kier alpha value is -1.92. The van der Waals surface area contributed by atoms with Gasteiger partial charge in [0.2, 0.25) is 0 Å². The summed E-state index contributed by atoms with van der Waals surface area (Å²) in [5, 5.41) is 0. The molecule has 1 aromatic heterocycles. The summed E-state index contributed by atoms with van der Waals surface area (Å²) < 4.78 is 23.5. The lowest BCUT2D eigenvalue weighted by Gasteiger charge is -2.34. The third-order valence-corrected chi connectivity index (χ3v) is 3.52. The van der Waals surface area contributed by atoms with Crippen molar-refractivity contribution < 1.29 is 18.7 Å². The van der Waals surface area contributed by atoms with Gasteiger partial charge in [0.05, 0.1) is 19.0 Å². The van der Waals surface area contributed by atoms with E-state index in [4.69, 9.17) is 9.47 Å². The number of aromatic nitrogens is 2. The molecule has 1 aromatic rings. The molecule has 1 amide bonds. The molecule has 1 atom stereocenters. The highest BCUT2D eigenvalue weighted by molar-refractivity contribution is 5.68. The van der Waals surface area contributed by atoms with Gasteiger partial charge in [-0.25, -0.2) is 19.2 Å². The molecule has 6 nitrogen and oxygen atoms in total. The van der Waals surface area contributed by atoms with E-state index in [0.717, 1.165) is 38.2 Å². The monoisotopic (exact) mass is 325 g/mol. The number of carbonyl (C=O) groups is 1. The van der Waals surface area contributed by atoms with E-state index in [1.54, 1.807) is 4.90 Å². The highest BCUT2D eigenvalue weighted by Gasteiger charge is 2.27. The first-order chi connectivity index (χ1) is 10.8. The normalized spacial score (nSPS) is 18.6. The van der Waals surface area contributed by atoms with Gasteiger partial charge < -0.3 is 14.4 Å². The first-order valence-electron chi connectivity index (χ1n) is 7.92. The molecule has 0 unspecified atom stereocenters. The lowest BCUT2D eigenvalue weighted by atomic mass is 9.95. The van der Waals surface area contributed by atoms with Crippen LogP contribution in [-0.2, 0) is 4.74 Å². The molecular weight excluding hydrogens is 301 g/mol. The van der Waals surface area contributed by atoms with Crippen LogP contribution in [0.4, 0.5) is 9.18 Å². The highest BCUT2D eigenvalue weighted by Crippen LogP contribution is 2.21. The minimum Gasteiger partial charge on any atom is -0.463 e. The molecule has 0 aliphatic carbocycles. The molecule has 128 valence electrons. The highest BCUT2D eigenvalue weighted by atomic mass is 19.1. The van der Waals surface area contributed by atoms with Gasteiger partial charge in [0.15, 0.2) is 5.82 Å². The zero-order valence-electron chi connectivity index (χ0n) is 13.9. The van der Waals surface area contributed by atoms with Crippen LogP contribution in [0, 0.1) is 11.7 Å². The zero-order chi connectivity index (χ0) is 16.9. The number of amides is 1. The fourth-order valence-electron chi connectivity index (χ4n) is 2.48. The summed E-state index contributed by atoms with van der Waals surface area (Å²) in [7, 11) is 0. The smallest absolute Gasteiger partial charge is 0.410 e. The predicted octanol–water partition coefficient (Wildman–Crippen LogP) is 3.03. The Balaban J connectivity index is 1.75. The van der Waals surface area contributed by atoms with Crippen LogP contribution in [0.2, 0.25) is 0 Å². The number of halogens is 1. The van der Waals surface area contributed by atoms with Crippen molar-refractivity contribution >= 4 is 6.09 Å². The minimum absolute atomic E-state index is 0.172. The van der Waals surface area contributed by atoms with Crippen LogP contribution in [0.3, 0.4) is 0 Å². The van der Waals surface area contributed by atoms with Crippen LogP contribution in [-0.4, -0.2) is 46.3 Å². The number of nitrogens with zero attached hydrogens (tertiary/aromatic N) is 3. The van der Waals surface area contributed by atoms with Crippen molar-refractivity contribution in [1.29, 1.82) is 0 Å². The first-order valence-corrected chi connectivity index (χ1v) is 7.92. The van der Waals surface area contributed by atoms with Crippen LogP contribution in [0.25, 0.3) is 0 Å². The lowest BCUT2D eigenvalue weighted by molar-refractivity contribution is 0.0154. The Labute approximate surface area is 136 Å². The molecule has 1 fully saturated rings. The van der Waals surface area contributed by atoms with Crippen molar-refractivity contribution in [3.8, 4) is 6.01 Å². The predicted molar refractivity (Wildman–Crippen MR) is 82.6 cm³/mol. The molecule has 1 aliphatic heterocycles. The molecule has 1 aliphatic rings. The van der Waals surface area contributed by atoms with Crippen LogP contribution >= 0.6 is 0 Å². The molecule has 0 bridgehead atoms. The van der Waals surface area contributed by atoms with Gasteiger partial charge in [0.1, 0.15) is 5.60 Å². The molecule has 0 aromatic carbocycles. The quantitative estimate of drug-likeness (QED) is 0.851. The van der Waals surface area contributed by atoms with E-state index in [1.165, 1.54) is 0 Å². The maximum absolute atomic E-state index is 12.7. The summed E-state index contributed by atoms with van der Waals surface area (Å²) in [5.74, 6) is -0.130. The maximum atomic E-state index is 12.7. The summed E-state index contributed by atoms with van der Waals surface area (Å²) in [5.41, 5.74) is -0.479. The standard InChI is InChI=1S/C16H24FN3O3/c1-16(2,3)23-15(21)20-7-4-5-12(11-20)6-8-22-14-18-9-13(17)10-19-14/h9-10,12H,4-8,11H2,1-3H3/t12-/m1/s1. The summed E-state index contributed by atoms with van der Waals surface area (Å²) >= 11 is 0. The summed E-state index contributed by atoms with van der Waals surface area (Å²) in [6, 6.07) is 0.172. The molecule has 23 heavy (non-hydrogen) atoms. The van der Waals surface area contributed by atoms with E-state index in [2.05, 4.69) is 9.97 Å². The van der Waals surface area contributed by atoms with Gasteiger partial charge in [-0.1, -0.05) is 0 Å². The fraction of sp³-hybridized carbons (Fsp3) is 0.688. The topological polar surface area (TPSA) is 64.5 Å². The van der Waals surface area contributed by atoms with Crippen LogP contribution in [0.15, 0.2) is 12.4 Å². The molecule has 0 spiro atoms. The third-order valence-electron chi connectivity index (χ3n) is 3.52. The van der Waals surface area contributed by atoms with E-state index < -0.39 is 11.4 Å². The van der Waals surface area contributed by atoms with E-state index in [1.807, 2.05) is 20.8 Å². The Morgan fingerprint density at radius 3 is 2.74 bits per heavy atom. The molecule has 7 heteroatoms. The van der Waals surface area contributed by atoms with Crippen molar-refractivity contribution in [2.45, 2.75) is 45.6 Å². The Bertz CT molecular complexity index is 516. The molecule has 0 N–H and O–H groups in total. The second-order valence-electron chi connectivity index (χ2n) is 6.76. The summed E-state index contributed by atoms with van der Waals surface area (Å²) in [6.45, 7) is 7.43. The van der Waals surface area contributed by atoms with Crippen LogP contribution < -0.4 is 4.74 Å². The number of hydrogen-bond donors (Lipinski definition) is 0. The Kier molecular flexibility index (Phi) is 5.74. The fourth-order valence-corrected chi connectivity index (χ4v) is 2.48. The second kappa shape index (κ2) is 7.57. The second-order valence-corrected chi connectivity index (χ2v) is 6.76. The number of ether oxygens (including phenoxy) is 2. The molecule has 1 saturated heterocycles. The van der Waals surface area contributed by atoms with Gasteiger partial charge in [-0.2, -0.15) is 0 Å². The van der Waals surface area contributed by atoms with Gasteiger partial charge in [-0.15, -0.1) is 0 Å². The average Bonchev–Trinajstić information content (AvgIpc) is 2.48. The molecule has 2 heterocycles. The van der Waals surface area contributed by atoms with Gasteiger partial charge >= 0.3 is 12.1 Å². The SMILES string of the molecule is CC(C)(C)OC(=O)N1CCC[C@H](CCOc2ncc(F)cn2)C1. The van der Waals surface area contributed by atoms with E-state index in [9.17, 15) is 9.18 Å². The number of rotatable bonds is 4. The van der Waals surface area contributed by atoms with E-state index in [0.29, 0.717) is 19.1 Å². The minimum atomic E-state index is -0.488. The Morgan fingerprint density at radius 1 is 1.39 bits per heavy atom. The molecule has 0 radical (unpaired) electrons. The summed E-state index contributed by atoms with van der Waals surface area (Å²) in [4.78, 5) is 21.4. The molecule has 0 saturated carbocycles. The van der Waals surface area contributed by atoms with Gasteiger partial charge in [0.25, 0.3) is 0 Å². The Morgan fingerprint density at radius 2 is 2.09 bits per heavy atom. The maximum Gasteiger partial charge on any atom is 0.410 e. The molecule has 2 rings (SSSR count). The molecular formula is C16H24FN3O3. The number of hydrogen-bond acceptors (Lipinski definition) is 5. The van der Waals surface area contributed by atoms with Crippen molar-refractivity contribution in [2.24, 2.45) is 5.92 Å². The average molecular weight is 325 g/mol. The van der Waals surface area contributed by atoms with Crippen LogP contribution in [0.5, 0.6) is 6.01 Å². The van der Waals surface area contributed by atoms with Crippen molar-refractivity contribution in [1.82, 2.24) is 14.9 Å². The third kappa shape index (κ3) is 6.00. The number of piperidine rings is 1. The number of likely N-dealkylation sites (tertiary alicyclic amines) is 1. The van der Waals surface area contributed by atoms with Gasteiger partial charge in [-0.05, 0) is 46.0 Å². The lowest BCUT2D eigenvalue weighted by Crippen LogP contribution is -2.43. The first kappa shape index (κ1) is 17.4. The summed E-state index contributed by atoms with van der Waals surface area (Å²) in [6.07, 6.45) is 4.69. The van der Waals surface area contributed by atoms with Gasteiger partial charge in [0, 0.05) is 13.1 Å². The zero-order valence-corrected chi connectivity index (χ0v) is 13.9. The largest absolute Gasteiger partial charge is 0.463 e. The number of carbonyl (C=O) groups excluding carboxylic acids is 1. The van der Waals surface area contributed by atoms with Crippen molar-refractivity contribution in [3.05, 3.63) is 18.2 Å². The van der Waals surface area contributed by atoms with E-state index >= 15 is 0 Å². The van der Waals surface area contributed by atoms with E-state index in [-0.39, 0.29) is 12.1 Å².